The minimum Gasteiger partial charge on any atom is -0.325 e. The zero-order chi connectivity index (χ0) is 18.6. The largest absolute Gasteiger partial charge is 0.325 e. The Hall–Kier alpha value is -1.31. The van der Waals surface area contributed by atoms with E-state index in [1.54, 1.807) is 36.4 Å². The van der Waals surface area contributed by atoms with Crippen molar-refractivity contribution in [3.8, 4) is 0 Å². The number of anilines is 1. The van der Waals surface area contributed by atoms with Gasteiger partial charge in [-0.3, -0.25) is 4.79 Å². The number of rotatable bonds is 6. The molecule has 0 aromatic heterocycles. The quantitative estimate of drug-likeness (QED) is 0.731. The molecule has 0 bridgehead atoms. The van der Waals surface area contributed by atoms with Crippen LogP contribution in [0.1, 0.15) is 18.0 Å². The highest BCUT2D eigenvalue weighted by Gasteiger charge is 2.20. The van der Waals surface area contributed by atoms with Crippen LogP contribution in [-0.2, 0) is 14.8 Å². The third kappa shape index (κ3) is 6.49. The van der Waals surface area contributed by atoms with Crippen LogP contribution < -0.4 is 10.0 Å². The number of benzene rings is 2. The Labute approximate surface area is 161 Å². The number of sulfonamides is 1. The minimum atomic E-state index is -3.52. The predicted octanol–water partition coefficient (Wildman–Crippen LogP) is 4.27. The van der Waals surface area contributed by atoms with E-state index >= 15 is 0 Å². The second kappa shape index (κ2) is 8.38. The summed E-state index contributed by atoms with van der Waals surface area (Å²) in [4.78, 5) is 12.3. The van der Waals surface area contributed by atoms with Crippen LogP contribution in [0.4, 0.5) is 5.69 Å². The first-order chi connectivity index (χ1) is 11.6. The Morgan fingerprint density at radius 1 is 1.04 bits per heavy atom. The fourth-order valence-corrected chi connectivity index (χ4v) is 3.48. The summed E-state index contributed by atoms with van der Waals surface area (Å²) in [5.74, 6) is -0.402. The fraction of sp³-hybridized carbons (Fsp3) is 0.188. The molecule has 0 radical (unpaired) electrons. The lowest BCUT2D eigenvalue weighted by Crippen LogP contribution is -2.30. The van der Waals surface area contributed by atoms with Crippen molar-refractivity contribution in [2.75, 3.05) is 11.6 Å². The number of hydrogen-bond acceptors (Lipinski definition) is 3. The molecule has 0 fully saturated rings. The van der Waals surface area contributed by atoms with E-state index in [4.69, 9.17) is 34.8 Å². The highest BCUT2D eigenvalue weighted by molar-refractivity contribution is 7.88. The van der Waals surface area contributed by atoms with E-state index in [1.165, 1.54) is 6.07 Å². The van der Waals surface area contributed by atoms with Crippen molar-refractivity contribution in [1.82, 2.24) is 4.72 Å². The molecule has 0 unspecified atom stereocenters. The molecule has 0 saturated heterocycles. The number of nitrogens with one attached hydrogen (secondary N) is 2. The summed E-state index contributed by atoms with van der Waals surface area (Å²) in [6.07, 6.45) is 0.914. The van der Waals surface area contributed by atoms with Crippen LogP contribution in [0.3, 0.4) is 0 Å². The van der Waals surface area contributed by atoms with Crippen LogP contribution in [0.25, 0.3) is 0 Å². The fourth-order valence-electron chi connectivity index (χ4n) is 2.16. The van der Waals surface area contributed by atoms with Gasteiger partial charge in [0.25, 0.3) is 0 Å². The van der Waals surface area contributed by atoms with Crippen molar-refractivity contribution in [2.24, 2.45) is 0 Å². The molecule has 2 aromatic carbocycles. The van der Waals surface area contributed by atoms with Gasteiger partial charge in [0.1, 0.15) is 0 Å². The van der Waals surface area contributed by atoms with Crippen molar-refractivity contribution < 1.29 is 13.2 Å². The Balaban J connectivity index is 2.17. The third-order valence-electron chi connectivity index (χ3n) is 3.22. The first-order valence-corrected chi connectivity index (χ1v) is 10.1. The lowest BCUT2D eigenvalue weighted by Gasteiger charge is -2.18. The van der Waals surface area contributed by atoms with Gasteiger partial charge in [-0.1, -0.05) is 46.9 Å². The van der Waals surface area contributed by atoms with Gasteiger partial charge in [0.05, 0.1) is 23.0 Å². The lowest BCUT2D eigenvalue weighted by atomic mass is 10.0. The molecule has 0 aliphatic heterocycles. The zero-order valence-electron chi connectivity index (χ0n) is 13.1. The van der Waals surface area contributed by atoms with Crippen LogP contribution in [0.5, 0.6) is 0 Å². The molecule has 0 aliphatic carbocycles. The Kier molecular flexibility index (Phi) is 6.71. The number of halogens is 3. The second-order valence-corrected chi connectivity index (χ2v) is 8.43. The number of hydrogen-bond donors (Lipinski definition) is 2. The maximum atomic E-state index is 12.3. The molecule has 5 nitrogen and oxygen atoms in total. The lowest BCUT2D eigenvalue weighted by molar-refractivity contribution is -0.116. The van der Waals surface area contributed by atoms with E-state index < -0.39 is 22.0 Å². The third-order valence-corrected chi connectivity index (χ3v) is 4.74. The predicted molar refractivity (Wildman–Crippen MR) is 102 cm³/mol. The zero-order valence-corrected chi connectivity index (χ0v) is 16.2. The Bertz CT molecular complexity index is 871. The van der Waals surface area contributed by atoms with Gasteiger partial charge in [-0.2, -0.15) is 0 Å². The first-order valence-electron chi connectivity index (χ1n) is 7.12. The van der Waals surface area contributed by atoms with E-state index in [2.05, 4.69) is 10.0 Å². The van der Waals surface area contributed by atoms with E-state index in [9.17, 15) is 13.2 Å². The van der Waals surface area contributed by atoms with Gasteiger partial charge in [0.15, 0.2) is 0 Å². The Morgan fingerprint density at radius 3 is 2.20 bits per heavy atom. The summed E-state index contributed by atoms with van der Waals surface area (Å²) in [6, 6.07) is 10.5. The number of carbonyl (C=O) groups excluding carboxylic acids is 1. The molecule has 2 aromatic rings. The summed E-state index contributed by atoms with van der Waals surface area (Å²) in [6.45, 7) is 0. The van der Waals surface area contributed by atoms with Crippen LogP contribution in [0.2, 0.25) is 15.1 Å². The molecule has 0 spiro atoms. The van der Waals surface area contributed by atoms with Gasteiger partial charge < -0.3 is 5.32 Å². The summed E-state index contributed by atoms with van der Waals surface area (Å²) in [5.41, 5.74) is 1.01. The van der Waals surface area contributed by atoms with Crippen molar-refractivity contribution in [3.63, 3.8) is 0 Å². The van der Waals surface area contributed by atoms with Crippen LogP contribution >= 0.6 is 34.8 Å². The summed E-state index contributed by atoms with van der Waals surface area (Å²) < 4.78 is 25.7. The van der Waals surface area contributed by atoms with Crippen molar-refractivity contribution in [1.29, 1.82) is 0 Å². The molecular formula is C16H15Cl3N2O3S. The van der Waals surface area contributed by atoms with Gasteiger partial charge in [0.2, 0.25) is 15.9 Å². The molecule has 134 valence electrons. The normalized spacial score (nSPS) is 12.6. The molecule has 0 aliphatic rings. The molecule has 1 amide bonds. The Morgan fingerprint density at radius 2 is 1.64 bits per heavy atom. The first kappa shape index (κ1) is 20.0. The standard InChI is InChI=1S/C16H15Cl3N2O3S/c1-25(23,24)21-15(10-2-4-11(17)5-3-10)9-16(22)20-14-7-6-12(18)8-13(14)19/h2-8,15,21H,9H2,1H3,(H,20,22)/t15-/m1/s1. The van der Waals surface area contributed by atoms with Crippen molar-refractivity contribution in [3.05, 3.63) is 63.1 Å². The molecule has 9 heteroatoms. The number of carbonyl (C=O) groups is 1. The van der Waals surface area contributed by atoms with Crippen molar-refractivity contribution in [2.45, 2.75) is 12.5 Å². The molecule has 2 rings (SSSR count). The molecule has 1 atom stereocenters. The van der Waals surface area contributed by atoms with Gasteiger partial charge in [-0.15, -0.1) is 0 Å². The molecule has 25 heavy (non-hydrogen) atoms. The molecular weight excluding hydrogens is 407 g/mol. The maximum Gasteiger partial charge on any atom is 0.226 e. The molecule has 0 heterocycles. The maximum absolute atomic E-state index is 12.3. The average Bonchev–Trinajstić information content (AvgIpc) is 2.49. The van der Waals surface area contributed by atoms with E-state index in [-0.39, 0.29) is 6.42 Å². The topological polar surface area (TPSA) is 75.3 Å². The smallest absolute Gasteiger partial charge is 0.226 e. The second-order valence-electron chi connectivity index (χ2n) is 5.37. The highest BCUT2D eigenvalue weighted by Crippen LogP contribution is 2.26. The van der Waals surface area contributed by atoms with Gasteiger partial charge in [0, 0.05) is 16.5 Å². The summed E-state index contributed by atoms with van der Waals surface area (Å²) in [5, 5.41) is 3.89. The number of amides is 1. The average molecular weight is 422 g/mol. The molecule has 2 N–H and O–H groups in total. The van der Waals surface area contributed by atoms with Gasteiger partial charge >= 0.3 is 0 Å². The van der Waals surface area contributed by atoms with E-state index in [0.29, 0.717) is 26.3 Å². The van der Waals surface area contributed by atoms with Crippen molar-refractivity contribution >= 4 is 56.4 Å². The highest BCUT2D eigenvalue weighted by atomic mass is 35.5. The van der Waals surface area contributed by atoms with E-state index in [0.717, 1.165) is 6.26 Å². The van der Waals surface area contributed by atoms with Crippen LogP contribution in [0.15, 0.2) is 42.5 Å². The molecule has 0 saturated carbocycles. The van der Waals surface area contributed by atoms with Crippen LogP contribution in [0, 0.1) is 0 Å². The van der Waals surface area contributed by atoms with Crippen LogP contribution in [-0.4, -0.2) is 20.6 Å². The summed E-state index contributed by atoms with van der Waals surface area (Å²) >= 11 is 17.7. The minimum absolute atomic E-state index is 0.117. The van der Waals surface area contributed by atoms with Gasteiger partial charge in [-0.25, -0.2) is 13.1 Å². The van der Waals surface area contributed by atoms with Gasteiger partial charge in [-0.05, 0) is 35.9 Å². The summed E-state index contributed by atoms with van der Waals surface area (Å²) in [7, 11) is -3.52. The van der Waals surface area contributed by atoms with E-state index in [1.807, 2.05) is 0 Å². The SMILES string of the molecule is CS(=O)(=O)N[C@H](CC(=O)Nc1ccc(Cl)cc1Cl)c1ccc(Cl)cc1. The monoisotopic (exact) mass is 420 g/mol.